The fourth-order valence-corrected chi connectivity index (χ4v) is 3.77. The van der Waals surface area contributed by atoms with E-state index in [4.69, 9.17) is 0 Å². The van der Waals surface area contributed by atoms with E-state index >= 15 is 0 Å². The molecule has 2 atom stereocenters. The Bertz CT molecular complexity index is 518. The van der Waals surface area contributed by atoms with Gasteiger partial charge in [-0.05, 0) is 24.8 Å². The Morgan fingerprint density at radius 2 is 2.22 bits per heavy atom. The van der Waals surface area contributed by atoms with Gasteiger partial charge in [-0.25, -0.2) is 0 Å². The molecule has 0 saturated carbocycles. The molecule has 23 heavy (non-hydrogen) atoms. The van der Waals surface area contributed by atoms with Gasteiger partial charge in [0.1, 0.15) is 12.1 Å². The van der Waals surface area contributed by atoms with Gasteiger partial charge in [-0.1, -0.05) is 20.8 Å². The number of nitrogens with zero attached hydrogens (tertiary/aromatic N) is 3. The van der Waals surface area contributed by atoms with Crippen LogP contribution in [0.25, 0.3) is 0 Å². The van der Waals surface area contributed by atoms with Crippen molar-refractivity contribution in [3.05, 3.63) is 18.5 Å². The highest BCUT2D eigenvalue weighted by molar-refractivity contribution is 7.99. The first-order valence-corrected chi connectivity index (χ1v) is 9.35. The molecule has 7 heteroatoms. The smallest absolute Gasteiger partial charge is 0.248 e. The van der Waals surface area contributed by atoms with Gasteiger partial charge < -0.3 is 10.2 Å². The van der Waals surface area contributed by atoms with Crippen molar-refractivity contribution >= 4 is 23.6 Å². The molecule has 2 amide bonds. The molecule has 0 radical (unpaired) electrons. The summed E-state index contributed by atoms with van der Waals surface area (Å²) in [6.45, 7) is 6.88. The zero-order chi connectivity index (χ0) is 16.8. The molecule has 1 aromatic heterocycles. The van der Waals surface area contributed by atoms with Crippen molar-refractivity contribution < 1.29 is 9.59 Å². The fraction of sp³-hybridized carbons (Fsp3) is 0.688. The number of carbonyl (C=O) groups is 2. The average molecular weight is 338 g/mol. The summed E-state index contributed by atoms with van der Waals surface area (Å²) in [6, 6.07) is 1.10. The molecule has 1 saturated heterocycles. The van der Waals surface area contributed by atoms with Gasteiger partial charge >= 0.3 is 0 Å². The summed E-state index contributed by atoms with van der Waals surface area (Å²) in [4.78, 5) is 26.9. The van der Waals surface area contributed by atoms with Gasteiger partial charge in [-0.2, -0.15) is 5.10 Å². The number of aromatic nitrogens is 2. The SMILES string of the molecule is CCC(C(=O)N1CSCC1C(=O)NCCC(C)C)n1cccn1. The van der Waals surface area contributed by atoms with Crippen LogP contribution in [0.2, 0.25) is 0 Å². The van der Waals surface area contributed by atoms with E-state index in [9.17, 15) is 9.59 Å². The predicted molar refractivity (Wildman–Crippen MR) is 92.0 cm³/mol. The summed E-state index contributed by atoms with van der Waals surface area (Å²) < 4.78 is 1.68. The maximum Gasteiger partial charge on any atom is 0.248 e. The Labute approximate surface area is 142 Å². The molecule has 1 aliphatic rings. The van der Waals surface area contributed by atoms with E-state index in [1.54, 1.807) is 33.7 Å². The molecular weight excluding hydrogens is 312 g/mol. The zero-order valence-corrected chi connectivity index (χ0v) is 14.9. The Balaban J connectivity index is 1.99. The van der Waals surface area contributed by atoms with Crippen LogP contribution in [0.15, 0.2) is 18.5 Å². The van der Waals surface area contributed by atoms with E-state index in [0.29, 0.717) is 30.5 Å². The lowest BCUT2D eigenvalue weighted by Gasteiger charge is -2.27. The second-order valence-corrected chi connectivity index (χ2v) is 7.21. The van der Waals surface area contributed by atoms with Crippen LogP contribution in [0, 0.1) is 5.92 Å². The molecule has 0 aromatic carbocycles. The second-order valence-electron chi connectivity index (χ2n) is 6.21. The Morgan fingerprint density at radius 3 is 2.83 bits per heavy atom. The fourth-order valence-electron chi connectivity index (χ4n) is 2.61. The number of amides is 2. The van der Waals surface area contributed by atoms with Crippen LogP contribution in [0.3, 0.4) is 0 Å². The molecule has 0 bridgehead atoms. The maximum atomic E-state index is 12.8. The molecule has 6 nitrogen and oxygen atoms in total. The molecule has 0 spiro atoms. The van der Waals surface area contributed by atoms with E-state index in [2.05, 4.69) is 24.3 Å². The van der Waals surface area contributed by atoms with Crippen molar-refractivity contribution in [2.75, 3.05) is 18.2 Å². The van der Waals surface area contributed by atoms with Crippen molar-refractivity contribution in [3.63, 3.8) is 0 Å². The topological polar surface area (TPSA) is 67.2 Å². The van der Waals surface area contributed by atoms with Crippen molar-refractivity contribution in [1.29, 1.82) is 0 Å². The summed E-state index contributed by atoms with van der Waals surface area (Å²) in [6.07, 6.45) is 5.07. The van der Waals surface area contributed by atoms with Crippen LogP contribution in [0.1, 0.15) is 39.7 Å². The molecule has 2 rings (SSSR count). The molecule has 1 N–H and O–H groups in total. The summed E-state index contributed by atoms with van der Waals surface area (Å²) in [5.74, 6) is 1.72. The maximum absolute atomic E-state index is 12.8. The molecule has 1 aliphatic heterocycles. The Hall–Kier alpha value is -1.50. The van der Waals surface area contributed by atoms with Gasteiger partial charge in [0.2, 0.25) is 11.8 Å². The van der Waals surface area contributed by atoms with E-state index in [1.165, 1.54) is 0 Å². The van der Waals surface area contributed by atoms with Gasteiger partial charge in [0, 0.05) is 24.7 Å². The van der Waals surface area contributed by atoms with Gasteiger partial charge in [0.25, 0.3) is 0 Å². The molecule has 0 aliphatic carbocycles. The first-order chi connectivity index (χ1) is 11.0. The summed E-state index contributed by atoms with van der Waals surface area (Å²) in [5.41, 5.74) is 0. The molecular formula is C16H26N4O2S. The van der Waals surface area contributed by atoms with Gasteiger partial charge in [-0.15, -0.1) is 11.8 Å². The minimum Gasteiger partial charge on any atom is -0.354 e. The lowest BCUT2D eigenvalue weighted by atomic mass is 10.1. The normalized spacial score (nSPS) is 19.1. The second kappa shape index (κ2) is 8.38. The van der Waals surface area contributed by atoms with Crippen LogP contribution < -0.4 is 5.32 Å². The van der Waals surface area contributed by atoms with Crippen LogP contribution in [0.5, 0.6) is 0 Å². The Morgan fingerprint density at radius 1 is 1.43 bits per heavy atom. The third-order valence-corrected chi connectivity index (χ3v) is 5.02. The number of thioether (sulfide) groups is 1. The summed E-state index contributed by atoms with van der Waals surface area (Å²) in [5, 5.41) is 7.14. The number of hydrogen-bond acceptors (Lipinski definition) is 4. The molecule has 2 heterocycles. The van der Waals surface area contributed by atoms with Gasteiger partial charge in [0.05, 0.1) is 5.88 Å². The van der Waals surface area contributed by atoms with Crippen LogP contribution in [-0.2, 0) is 9.59 Å². The number of hydrogen-bond donors (Lipinski definition) is 1. The van der Waals surface area contributed by atoms with Gasteiger partial charge in [-0.3, -0.25) is 14.3 Å². The first-order valence-electron chi connectivity index (χ1n) is 8.19. The summed E-state index contributed by atoms with van der Waals surface area (Å²) in [7, 11) is 0. The third-order valence-electron chi connectivity index (χ3n) is 4.00. The van der Waals surface area contributed by atoms with Crippen LogP contribution in [-0.4, -0.2) is 50.7 Å². The van der Waals surface area contributed by atoms with E-state index in [1.807, 2.05) is 13.0 Å². The van der Waals surface area contributed by atoms with Crippen LogP contribution >= 0.6 is 11.8 Å². The average Bonchev–Trinajstić information content (AvgIpc) is 3.18. The summed E-state index contributed by atoms with van der Waals surface area (Å²) >= 11 is 1.63. The van der Waals surface area contributed by atoms with E-state index < -0.39 is 0 Å². The van der Waals surface area contributed by atoms with Crippen LogP contribution in [0.4, 0.5) is 0 Å². The monoisotopic (exact) mass is 338 g/mol. The predicted octanol–water partition coefficient (Wildman–Crippen LogP) is 1.90. The number of carbonyl (C=O) groups excluding carboxylic acids is 2. The standard InChI is InChI=1S/C16H26N4O2S/c1-4-13(20-9-5-7-18-20)16(22)19-11-23-10-14(19)15(21)17-8-6-12(2)3/h5,7,9,12-14H,4,6,8,10-11H2,1-3H3,(H,17,21). The highest BCUT2D eigenvalue weighted by Gasteiger charge is 2.37. The Kier molecular flexibility index (Phi) is 6.50. The minimum absolute atomic E-state index is 0.0230. The highest BCUT2D eigenvalue weighted by atomic mass is 32.2. The largest absolute Gasteiger partial charge is 0.354 e. The van der Waals surface area contributed by atoms with Crippen molar-refractivity contribution in [2.24, 2.45) is 5.92 Å². The lowest BCUT2D eigenvalue weighted by Crippen LogP contribution is -2.49. The van der Waals surface area contributed by atoms with Crippen molar-refractivity contribution in [3.8, 4) is 0 Å². The minimum atomic E-state index is -0.371. The number of rotatable bonds is 7. The lowest BCUT2D eigenvalue weighted by molar-refractivity contribution is -0.141. The quantitative estimate of drug-likeness (QED) is 0.824. The van der Waals surface area contributed by atoms with E-state index in [-0.39, 0.29) is 23.9 Å². The van der Waals surface area contributed by atoms with Crippen molar-refractivity contribution in [1.82, 2.24) is 20.0 Å². The number of nitrogens with one attached hydrogen (secondary N) is 1. The highest BCUT2D eigenvalue weighted by Crippen LogP contribution is 2.25. The zero-order valence-electron chi connectivity index (χ0n) is 14.1. The third kappa shape index (κ3) is 4.50. The molecule has 1 fully saturated rings. The first kappa shape index (κ1) is 17.8. The van der Waals surface area contributed by atoms with E-state index in [0.717, 1.165) is 6.42 Å². The van der Waals surface area contributed by atoms with Gasteiger partial charge in [0.15, 0.2) is 0 Å². The molecule has 1 aromatic rings. The van der Waals surface area contributed by atoms with Crippen molar-refractivity contribution in [2.45, 2.75) is 45.7 Å². The molecule has 2 unspecified atom stereocenters. The molecule has 128 valence electrons.